The molecule has 0 amide bonds. The molecule has 0 saturated heterocycles. The van der Waals surface area contributed by atoms with Crippen molar-refractivity contribution in [1.29, 1.82) is 0 Å². The first-order valence-electron chi connectivity index (χ1n) is 25.9. The molecular weight excluding hydrogens is 1060 g/mol. The van der Waals surface area contributed by atoms with E-state index in [1.54, 1.807) is 22.7 Å². The topological polar surface area (TPSA) is 72.3 Å². The van der Waals surface area contributed by atoms with E-state index >= 15 is 0 Å². The summed E-state index contributed by atoms with van der Waals surface area (Å²) in [7, 11) is 0. The quantitative estimate of drug-likeness (QED) is 0.179. The van der Waals surface area contributed by atoms with Crippen LogP contribution in [0.1, 0.15) is 0 Å². The van der Waals surface area contributed by atoms with Crippen molar-refractivity contribution in [3.63, 3.8) is 0 Å². The number of nitrogens with zero attached hydrogens (tertiary/aromatic N) is 5. The van der Waals surface area contributed by atoms with Crippen LogP contribution in [0.15, 0.2) is 231 Å². The lowest BCUT2D eigenvalue weighted by molar-refractivity contribution is 1.02. The molecule has 0 fully saturated rings. The molecule has 6 nitrogen and oxygen atoms in total. The van der Waals surface area contributed by atoms with Gasteiger partial charge in [0, 0.05) is 89.3 Å². The number of thiophene rings is 4. The van der Waals surface area contributed by atoms with Crippen molar-refractivity contribution in [3.05, 3.63) is 236 Å². The zero-order valence-electron chi connectivity index (χ0n) is 41.7. The summed E-state index contributed by atoms with van der Waals surface area (Å²) >= 11 is 13.3. The molecule has 0 unspecified atom stereocenters. The number of aromatic nitrogens is 6. The van der Waals surface area contributed by atoms with Crippen molar-refractivity contribution in [2.75, 3.05) is 0 Å². The van der Waals surface area contributed by atoms with Crippen molar-refractivity contribution < 1.29 is 0 Å². The molecule has 8 aromatic heterocycles. The lowest BCUT2D eigenvalue weighted by Gasteiger charge is -2.10. The van der Waals surface area contributed by atoms with E-state index in [9.17, 15) is 0 Å². The molecule has 18 aromatic rings. The molecule has 0 saturated carbocycles. The van der Waals surface area contributed by atoms with E-state index in [2.05, 4.69) is 208 Å². The normalized spacial score (nSPS) is 11.9. The highest BCUT2D eigenvalue weighted by molar-refractivity contribution is 7.27. The first-order valence-corrected chi connectivity index (χ1v) is 29.5. The molecule has 18 rings (SSSR count). The van der Waals surface area contributed by atoms with Gasteiger partial charge in [-0.15, -0.1) is 45.3 Å². The maximum atomic E-state index is 6.11. The summed E-state index contributed by atoms with van der Waals surface area (Å²) in [6.07, 6.45) is 0. The van der Waals surface area contributed by atoms with E-state index < -0.39 is 0 Å². The largest absolute Gasteiger partial charge is 0.353 e. The highest BCUT2D eigenvalue weighted by atomic mass is 35.5. The summed E-state index contributed by atoms with van der Waals surface area (Å²) in [5.74, 6) is 0.709. The van der Waals surface area contributed by atoms with E-state index in [1.807, 2.05) is 65.1 Å². The van der Waals surface area contributed by atoms with Crippen LogP contribution in [-0.2, 0) is 0 Å². The molecule has 10 aromatic carbocycles. The Balaban J connectivity index is 0.000000109. The number of para-hydroxylation sites is 2. The third kappa shape index (κ3) is 7.55. The van der Waals surface area contributed by atoms with Gasteiger partial charge in [0.25, 0.3) is 0 Å². The Labute approximate surface area is 471 Å². The first-order chi connectivity index (χ1) is 39.1. The molecule has 0 aliphatic carbocycles. The second-order valence-electron chi connectivity index (χ2n) is 19.4. The number of H-pyrrole nitrogens is 1. The molecule has 372 valence electrons. The molecule has 0 aliphatic rings. The average molecular weight is 1100 g/mol. The van der Waals surface area contributed by atoms with E-state index in [0.29, 0.717) is 11.2 Å². The number of fused-ring (bicyclic) bond motifs is 20. The highest BCUT2D eigenvalue weighted by Crippen LogP contribution is 2.45. The second-order valence-corrected chi connectivity index (χ2v) is 24.0. The molecule has 1 N–H and O–H groups in total. The second kappa shape index (κ2) is 18.7. The summed E-state index contributed by atoms with van der Waals surface area (Å²) in [6, 6.07) is 80.9. The van der Waals surface area contributed by atoms with Gasteiger partial charge >= 0.3 is 0 Å². The van der Waals surface area contributed by atoms with Crippen LogP contribution >= 0.6 is 56.9 Å². The van der Waals surface area contributed by atoms with Crippen LogP contribution in [0.5, 0.6) is 0 Å². The Bertz CT molecular complexity index is 5330. The number of aromatic amines is 1. The third-order valence-corrected chi connectivity index (χ3v) is 19.8. The molecule has 79 heavy (non-hydrogen) atoms. The van der Waals surface area contributed by atoms with Crippen LogP contribution < -0.4 is 0 Å². The Morgan fingerprint density at radius 1 is 0.329 bits per heavy atom. The van der Waals surface area contributed by atoms with Gasteiger partial charge in [0.05, 0.1) is 57.8 Å². The molecule has 0 bridgehead atoms. The minimum atomic E-state index is 0.292. The van der Waals surface area contributed by atoms with Crippen LogP contribution in [-0.4, -0.2) is 29.5 Å². The zero-order chi connectivity index (χ0) is 52.1. The van der Waals surface area contributed by atoms with Crippen LogP contribution in [0, 0.1) is 0 Å². The Morgan fingerprint density at radius 2 is 0.772 bits per heavy atom. The van der Waals surface area contributed by atoms with Crippen LogP contribution in [0.3, 0.4) is 0 Å². The highest BCUT2D eigenvalue weighted by Gasteiger charge is 2.23. The van der Waals surface area contributed by atoms with E-state index in [1.165, 1.54) is 93.2 Å². The lowest BCUT2D eigenvalue weighted by Crippen LogP contribution is -2.02. The van der Waals surface area contributed by atoms with Gasteiger partial charge in [0.1, 0.15) is 0 Å². The predicted molar refractivity (Wildman–Crippen MR) is 342 cm³/mol. The first kappa shape index (κ1) is 46.2. The lowest BCUT2D eigenvalue weighted by atomic mass is 10.1. The number of rotatable bonds is 3. The van der Waals surface area contributed by atoms with Gasteiger partial charge in [0.15, 0.2) is 0 Å². The van der Waals surface area contributed by atoms with Crippen LogP contribution in [0.25, 0.3) is 153 Å². The molecule has 0 radical (unpaired) electrons. The zero-order valence-corrected chi connectivity index (χ0v) is 45.7. The Kier molecular flexibility index (Phi) is 10.9. The molecule has 0 spiro atoms. The summed E-state index contributed by atoms with van der Waals surface area (Å²) in [5, 5.41) is 12.9. The predicted octanol–water partition coefficient (Wildman–Crippen LogP) is 20.8. The minimum absolute atomic E-state index is 0.292. The fraction of sp³-hybridized carbons (Fsp3) is 0. The van der Waals surface area contributed by atoms with Gasteiger partial charge in [-0.25, -0.2) is 19.9 Å². The third-order valence-electron chi connectivity index (χ3n) is 14.9. The summed E-state index contributed by atoms with van der Waals surface area (Å²) in [5.41, 5.74) is 10.8. The fourth-order valence-electron chi connectivity index (χ4n) is 11.4. The van der Waals surface area contributed by atoms with Crippen LogP contribution in [0.4, 0.5) is 0 Å². The van der Waals surface area contributed by atoms with Crippen molar-refractivity contribution in [3.8, 4) is 28.5 Å². The van der Waals surface area contributed by atoms with Gasteiger partial charge in [-0.3, -0.25) is 4.57 Å². The van der Waals surface area contributed by atoms with Crippen molar-refractivity contribution in [2.45, 2.75) is 0 Å². The molecule has 11 heteroatoms. The number of halogens is 1. The smallest absolute Gasteiger partial charge is 0.235 e. The van der Waals surface area contributed by atoms with E-state index in [4.69, 9.17) is 21.6 Å². The molecule has 0 aliphatic heterocycles. The molecular formula is C68H39ClN6S4. The fourth-order valence-corrected chi connectivity index (χ4v) is 16.3. The maximum absolute atomic E-state index is 6.11. The van der Waals surface area contributed by atoms with Gasteiger partial charge in [-0.2, -0.15) is 0 Å². The minimum Gasteiger partial charge on any atom is -0.353 e. The number of hydrogen-bond donors (Lipinski definition) is 1. The summed E-state index contributed by atoms with van der Waals surface area (Å²) in [6.45, 7) is 0. The van der Waals surface area contributed by atoms with Gasteiger partial charge < -0.3 is 4.98 Å². The Hall–Kier alpha value is -8.87. The number of nitrogens with one attached hydrogen (secondary N) is 1. The van der Waals surface area contributed by atoms with E-state index in [-0.39, 0.29) is 0 Å². The Morgan fingerprint density at radius 3 is 1.41 bits per heavy atom. The van der Waals surface area contributed by atoms with E-state index in [0.717, 1.165) is 53.9 Å². The number of benzene rings is 10. The van der Waals surface area contributed by atoms with Gasteiger partial charge in [0.2, 0.25) is 11.2 Å². The van der Waals surface area contributed by atoms with Gasteiger partial charge in [-0.05, 0) is 48.0 Å². The standard InChI is InChI=1S/C34H19N3S2.C18H11NS.C16H9ClN2S/c1-2-10-20(11-3-1)29-33-30(25-14-6-9-17-28(25)39-33)36-34(35-29)37-26-15-7-4-12-21(26)23-18-19-24-22-13-5-8-16-27(22)38-32(24)31(23)37;1-3-7-15-11(5-1)13-9-10-14-12-6-2-4-8-16(12)20-18(14)17(13)19-15;17-16-18-13(10-6-2-1-3-7-10)15-14(19-16)11-8-4-5-9-12(11)20-15/h1-19H;1-10,19H;1-9H. The monoisotopic (exact) mass is 1100 g/mol. The number of hydrogen-bond acceptors (Lipinski definition) is 8. The average Bonchev–Trinajstić information content (AvgIpc) is 4.57. The van der Waals surface area contributed by atoms with Gasteiger partial charge in [-0.1, -0.05) is 194 Å². The van der Waals surface area contributed by atoms with Crippen LogP contribution in [0.2, 0.25) is 5.28 Å². The SMILES string of the molecule is Clc1nc(-c2ccccc2)c2sc3ccccc3c2n1.c1ccc(-c2nc(-n3c4ccccc4c4ccc5c6ccccc6sc5c43)nc3c2sc2ccccc23)cc1.c1ccc2c(c1)[nH]c1c2ccc2c3ccccc3sc21. The molecule has 8 heterocycles. The maximum Gasteiger partial charge on any atom is 0.235 e. The van der Waals surface area contributed by atoms with Crippen molar-refractivity contribution in [1.82, 2.24) is 29.5 Å². The summed E-state index contributed by atoms with van der Waals surface area (Å²) < 4.78 is 12.2. The van der Waals surface area contributed by atoms with Crippen molar-refractivity contribution in [2.24, 2.45) is 0 Å². The van der Waals surface area contributed by atoms with Crippen molar-refractivity contribution >= 4 is 182 Å². The summed E-state index contributed by atoms with van der Waals surface area (Å²) in [4.78, 5) is 23.1. The molecule has 0 atom stereocenters.